The van der Waals surface area contributed by atoms with Crippen LogP contribution < -0.4 is 0 Å². The third-order valence-corrected chi connectivity index (χ3v) is 10.3. The SMILES string of the molecule is CCC(=O)N1CCC2(CC1)CN1C(=O)CN(S(=O)(=O)C=Cc3ccc(Cl)s3)CC13CN(C)C(=O)N23. The van der Waals surface area contributed by atoms with Crippen LogP contribution in [0.4, 0.5) is 4.79 Å². The number of fused-ring (bicyclic) bond motifs is 1. The molecule has 0 aliphatic carbocycles. The maximum Gasteiger partial charge on any atom is 0.322 e. The van der Waals surface area contributed by atoms with Gasteiger partial charge in [-0.1, -0.05) is 18.5 Å². The number of thiophene rings is 1. The lowest BCUT2D eigenvalue weighted by molar-refractivity contribution is -0.143. The highest BCUT2D eigenvalue weighted by Gasteiger charge is 2.69. The van der Waals surface area contributed by atoms with Crippen LogP contribution in [0.3, 0.4) is 0 Å². The van der Waals surface area contributed by atoms with Crippen molar-refractivity contribution in [3.05, 3.63) is 26.8 Å². The van der Waals surface area contributed by atoms with E-state index in [-0.39, 0.29) is 37.5 Å². The third-order valence-electron chi connectivity index (χ3n) is 7.60. The molecule has 190 valence electrons. The van der Waals surface area contributed by atoms with Gasteiger partial charge in [0.25, 0.3) is 0 Å². The first-order valence-corrected chi connectivity index (χ1v) is 14.3. The van der Waals surface area contributed by atoms with Crippen LogP contribution in [0.5, 0.6) is 0 Å². The number of piperidine rings is 1. The first kappa shape index (κ1) is 24.5. The Morgan fingerprint density at radius 3 is 2.51 bits per heavy atom. The number of likely N-dealkylation sites (tertiary alicyclic amines) is 1. The monoisotopic (exact) mass is 541 g/mol. The van der Waals surface area contributed by atoms with E-state index in [4.69, 9.17) is 11.6 Å². The first-order chi connectivity index (χ1) is 16.5. The van der Waals surface area contributed by atoms with Crippen LogP contribution in [0.2, 0.25) is 4.34 Å². The maximum absolute atomic E-state index is 13.4. The van der Waals surface area contributed by atoms with E-state index in [0.717, 1.165) is 5.41 Å². The van der Waals surface area contributed by atoms with Gasteiger partial charge >= 0.3 is 6.03 Å². The second-order valence-corrected chi connectivity index (χ2v) is 13.2. The minimum atomic E-state index is -3.93. The molecule has 4 aliphatic heterocycles. The molecule has 0 bridgehead atoms. The molecular formula is C22H28ClN5O5S2. The topological polar surface area (TPSA) is 102 Å². The molecule has 10 nitrogen and oxygen atoms in total. The van der Waals surface area contributed by atoms with Gasteiger partial charge in [0.2, 0.25) is 21.8 Å². The van der Waals surface area contributed by atoms with Gasteiger partial charge in [0, 0.05) is 43.4 Å². The minimum Gasteiger partial charge on any atom is -0.343 e. The summed E-state index contributed by atoms with van der Waals surface area (Å²) in [4.78, 5) is 46.5. The van der Waals surface area contributed by atoms with Crippen LogP contribution in [0.25, 0.3) is 6.08 Å². The van der Waals surface area contributed by atoms with Crippen molar-refractivity contribution >= 4 is 56.9 Å². The fraction of sp³-hybridized carbons (Fsp3) is 0.591. The minimum absolute atomic E-state index is 0.00600. The quantitative estimate of drug-likeness (QED) is 0.577. The molecule has 1 unspecified atom stereocenters. The zero-order valence-corrected chi connectivity index (χ0v) is 22.0. The van der Waals surface area contributed by atoms with Crippen molar-refractivity contribution in [2.24, 2.45) is 0 Å². The number of sulfonamides is 1. The summed E-state index contributed by atoms with van der Waals surface area (Å²) in [6, 6.07) is 3.21. The van der Waals surface area contributed by atoms with Crippen LogP contribution in [0.15, 0.2) is 17.5 Å². The summed E-state index contributed by atoms with van der Waals surface area (Å²) in [5.41, 5.74) is -1.68. The van der Waals surface area contributed by atoms with Crippen LogP contribution in [0.1, 0.15) is 31.1 Å². The molecule has 1 aromatic rings. The average molecular weight is 542 g/mol. The Kier molecular flexibility index (Phi) is 5.93. The standard InChI is InChI=1S/C22H28ClN5O5S2/c1-3-18(29)25-9-7-21(8-10-25)13-27-19(30)12-26(15-22(27)14-24(2)20(31)28(21)22)35(32,33)11-6-16-4-5-17(23)34-16/h4-6,11H,3,7-10,12-15H2,1-2H3. The number of likely N-dealkylation sites (N-methyl/N-ethyl adjacent to an activating group) is 1. The predicted octanol–water partition coefficient (Wildman–Crippen LogP) is 1.69. The molecule has 2 spiro atoms. The molecule has 4 saturated heterocycles. The Morgan fingerprint density at radius 2 is 1.89 bits per heavy atom. The van der Waals surface area contributed by atoms with E-state index in [9.17, 15) is 22.8 Å². The smallest absolute Gasteiger partial charge is 0.322 e. The highest BCUT2D eigenvalue weighted by Crippen LogP contribution is 2.49. The Labute approximate surface area is 213 Å². The number of rotatable bonds is 4. The van der Waals surface area contributed by atoms with E-state index in [1.165, 1.54) is 21.7 Å². The van der Waals surface area contributed by atoms with Gasteiger partial charge in [0.1, 0.15) is 0 Å². The molecule has 4 aliphatic rings. The van der Waals surface area contributed by atoms with Gasteiger partial charge in [-0.05, 0) is 31.1 Å². The maximum atomic E-state index is 13.4. The van der Waals surface area contributed by atoms with Crippen molar-refractivity contribution < 1.29 is 22.8 Å². The van der Waals surface area contributed by atoms with Crippen molar-refractivity contribution in [1.29, 1.82) is 0 Å². The van der Waals surface area contributed by atoms with Crippen LogP contribution >= 0.6 is 22.9 Å². The molecule has 0 N–H and O–H groups in total. The highest BCUT2D eigenvalue weighted by molar-refractivity contribution is 7.92. The van der Waals surface area contributed by atoms with E-state index in [1.54, 1.807) is 38.8 Å². The summed E-state index contributed by atoms with van der Waals surface area (Å²) in [6.45, 7) is 3.16. The molecule has 5 rings (SSSR count). The van der Waals surface area contributed by atoms with Crippen molar-refractivity contribution in [2.75, 3.05) is 46.3 Å². The summed E-state index contributed by atoms with van der Waals surface area (Å²) in [6.07, 6.45) is 3.00. The van der Waals surface area contributed by atoms with Crippen molar-refractivity contribution in [3.8, 4) is 0 Å². The number of hydrogen-bond donors (Lipinski definition) is 0. The Hall–Kier alpha value is -2.15. The number of urea groups is 1. The number of carbonyl (C=O) groups is 3. The number of carbonyl (C=O) groups excluding carboxylic acids is 3. The molecule has 5 heterocycles. The second kappa shape index (κ2) is 8.46. The number of amides is 4. The molecule has 1 aromatic heterocycles. The van der Waals surface area contributed by atoms with Gasteiger partial charge < -0.3 is 14.7 Å². The van der Waals surface area contributed by atoms with E-state index in [1.807, 2.05) is 6.92 Å². The molecule has 13 heteroatoms. The van der Waals surface area contributed by atoms with E-state index in [0.29, 0.717) is 48.1 Å². The zero-order valence-electron chi connectivity index (χ0n) is 19.6. The Balaban J connectivity index is 1.45. The van der Waals surface area contributed by atoms with Crippen molar-refractivity contribution in [1.82, 2.24) is 23.9 Å². The fourth-order valence-corrected chi connectivity index (χ4v) is 8.16. The number of hydrogen-bond acceptors (Lipinski definition) is 6. The molecule has 0 aromatic carbocycles. The molecule has 4 amide bonds. The van der Waals surface area contributed by atoms with Crippen molar-refractivity contribution in [2.45, 2.75) is 37.4 Å². The van der Waals surface area contributed by atoms with Gasteiger partial charge in [-0.3, -0.25) is 14.5 Å². The van der Waals surface area contributed by atoms with Crippen LogP contribution in [-0.2, 0) is 19.6 Å². The average Bonchev–Trinajstić information content (AvgIpc) is 3.43. The molecule has 0 saturated carbocycles. The lowest BCUT2D eigenvalue weighted by Crippen LogP contribution is -2.68. The van der Waals surface area contributed by atoms with Gasteiger partial charge in [-0.15, -0.1) is 11.3 Å². The van der Waals surface area contributed by atoms with Gasteiger partial charge in [-0.25, -0.2) is 13.2 Å². The Morgan fingerprint density at radius 1 is 1.17 bits per heavy atom. The summed E-state index contributed by atoms with van der Waals surface area (Å²) in [7, 11) is -2.25. The molecule has 0 radical (unpaired) electrons. The first-order valence-electron chi connectivity index (χ1n) is 11.6. The van der Waals surface area contributed by atoms with Gasteiger partial charge in [-0.2, -0.15) is 4.31 Å². The van der Waals surface area contributed by atoms with Crippen LogP contribution in [0, 0.1) is 0 Å². The van der Waals surface area contributed by atoms with Crippen molar-refractivity contribution in [3.63, 3.8) is 0 Å². The summed E-state index contributed by atoms with van der Waals surface area (Å²) < 4.78 is 28.2. The summed E-state index contributed by atoms with van der Waals surface area (Å²) in [5, 5.41) is 1.10. The van der Waals surface area contributed by atoms with Gasteiger partial charge in [0.05, 0.1) is 29.5 Å². The summed E-state index contributed by atoms with van der Waals surface area (Å²) >= 11 is 7.20. The normalized spacial score (nSPS) is 26.8. The van der Waals surface area contributed by atoms with E-state index in [2.05, 4.69) is 0 Å². The predicted molar refractivity (Wildman–Crippen MR) is 132 cm³/mol. The second-order valence-electron chi connectivity index (χ2n) is 9.65. The third kappa shape index (κ3) is 3.85. The number of halogens is 1. The lowest BCUT2D eigenvalue weighted by atomic mass is 9.86. The van der Waals surface area contributed by atoms with E-state index < -0.39 is 21.2 Å². The molecule has 35 heavy (non-hydrogen) atoms. The van der Waals surface area contributed by atoms with E-state index >= 15 is 0 Å². The van der Waals surface area contributed by atoms with Gasteiger partial charge in [0.15, 0.2) is 5.66 Å². The fourth-order valence-electron chi connectivity index (χ4n) is 5.95. The molecular weight excluding hydrogens is 514 g/mol. The van der Waals surface area contributed by atoms with Crippen LogP contribution in [-0.4, -0.2) is 108 Å². The zero-order chi connectivity index (χ0) is 25.2. The lowest BCUT2D eigenvalue weighted by Gasteiger charge is -2.47. The molecule has 4 fully saturated rings. The largest absolute Gasteiger partial charge is 0.343 e. The summed E-state index contributed by atoms with van der Waals surface area (Å²) in [5.74, 6) is -0.244. The number of nitrogens with zero attached hydrogens (tertiary/aromatic N) is 5. The Bertz CT molecular complexity index is 1210. The number of piperazine rings is 1. The molecule has 1 atom stereocenters. The highest BCUT2D eigenvalue weighted by atomic mass is 35.5.